The number of benzene rings is 1. The van der Waals surface area contributed by atoms with Crippen LogP contribution in [0.4, 0.5) is 5.69 Å². The quantitative estimate of drug-likeness (QED) is 0.876. The topological polar surface area (TPSA) is 57.9 Å². The molecule has 0 aliphatic carbocycles. The summed E-state index contributed by atoms with van der Waals surface area (Å²) in [5, 5.41) is 12.8. The van der Waals surface area contributed by atoms with E-state index in [1.807, 2.05) is 12.1 Å². The van der Waals surface area contributed by atoms with Crippen LogP contribution in [0.15, 0.2) is 36.5 Å². The Morgan fingerprint density at radius 1 is 1.33 bits per heavy atom. The number of nitriles is 1. The Morgan fingerprint density at radius 2 is 2.19 bits per heavy atom. The molecule has 1 aromatic carbocycles. The summed E-state index contributed by atoms with van der Waals surface area (Å²) >= 11 is 6.11. The first-order chi connectivity index (χ1) is 10.2. The standard InChI is InChI=1S/C16H16ClN3O/c1-2-8-21-15-7-6-12(10-19-15)11-20-16-13(9-18)4-3-5-14(16)17/h3-7,10,20H,2,8,11H2,1H3. The van der Waals surface area contributed by atoms with Crippen molar-refractivity contribution in [2.45, 2.75) is 19.9 Å². The molecule has 5 heteroatoms. The molecule has 0 bridgehead atoms. The lowest BCUT2D eigenvalue weighted by atomic mass is 10.2. The first kappa shape index (κ1) is 15.1. The van der Waals surface area contributed by atoms with Crippen molar-refractivity contribution in [2.75, 3.05) is 11.9 Å². The van der Waals surface area contributed by atoms with Gasteiger partial charge in [-0.05, 0) is 24.1 Å². The highest BCUT2D eigenvalue weighted by Gasteiger charge is 2.06. The number of nitrogens with zero attached hydrogens (tertiary/aromatic N) is 2. The van der Waals surface area contributed by atoms with Crippen LogP contribution in [0, 0.1) is 11.3 Å². The van der Waals surface area contributed by atoms with Crippen LogP contribution in [0.2, 0.25) is 5.02 Å². The summed E-state index contributed by atoms with van der Waals surface area (Å²) in [7, 11) is 0. The zero-order chi connectivity index (χ0) is 15.1. The normalized spacial score (nSPS) is 9.95. The molecule has 108 valence electrons. The second kappa shape index (κ2) is 7.51. The second-order valence-corrected chi connectivity index (χ2v) is 4.89. The van der Waals surface area contributed by atoms with Crippen LogP contribution < -0.4 is 10.1 Å². The van der Waals surface area contributed by atoms with E-state index in [-0.39, 0.29) is 0 Å². The van der Waals surface area contributed by atoms with E-state index in [4.69, 9.17) is 21.6 Å². The minimum atomic E-state index is 0.526. The Hall–Kier alpha value is -2.25. The van der Waals surface area contributed by atoms with Crippen molar-refractivity contribution in [1.82, 2.24) is 4.98 Å². The third kappa shape index (κ3) is 4.11. The summed E-state index contributed by atoms with van der Waals surface area (Å²) in [5.74, 6) is 0.621. The van der Waals surface area contributed by atoms with Gasteiger partial charge in [0.2, 0.25) is 5.88 Å². The van der Waals surface area contributed by atoms with Crippen LogP contribution in [0.5, 0.6) is 5.88 Å². The molecule has 0 unspecified atom stereocenters. The van der Waals surface area contributed by atoms with Gasteiger partial charge in [-0.3, -0.25) is 0 Å². The lowest BCUT2D eigenvalue weighted by Crippen LogP contribution is -2.03. The number of rotatable bonds is 6. The average Bonchev–Trinajstić information content (AvgIpc) is 2.52. The summed E-state index contributed by atoms with van der Waals surface area (Å²) < 4.78 is 5.43. The molecule has 21 heavy (non-hydrogen) atoms. The molecule has 0 spiro atoms. The number of halogens is 1. The van der Waals surface area contributed by atoms with Crippen molar-refractivity contribution < 1.29 is 4.74 Å². The van der Waals surface area contributed by atoms with Crippen molar-refractivity contribution >= 4 is 17.3 Å². The van der Waals surface area contributed by atoms with Crippen molar-refractivity contribution in [2.24, 2.45) is 0 Å². The van der Waals surface area contributed by atoms with E-state index in [0.29, 0.717) is 35.3 Å². The second-order valence-electron chi connectivity index (χ2n) is 4.48. The molecule has 0 aliphatic rings. The molecule has 0 saturated carbocycles. The molecule has 1 aromatic heterocycles. The van der Waals surface area contributed by atoms with E-state index in [2.05, 4.69) is 23.3 Å². The van der Waals surface area contributed by atoms with Gasteiger partial charge in [0.1, 0.15) is 6.07 Å². The van der Waals surface area contributed by atoms with E-state index < -0.39 is 0 Å². The molecule has 0 saturated heterocycles. The summed E-state index contributed by atoms with van der Waals surface area (Å²) in [4.78, 5) is 4.23. The first-order valence-corrected chi connectivity index (χ1v) is 7.12. The number of hydrogen-bond donors (Lipinski definition) is 1. The van der Waals surface area contributed by atoms with Crippen LogP contribution in [0.1, 0.15) is 24.5 Å². The van der Waals surface area contributed by atoms with E-state index in [1.54, 1.807) is 24.4 Å². The molecule has 2 rings (SSSR count). The zero-order valence-corrected chi connectivity index (χ0v) is 12.5. The average molecular weight is 302 g/mol. The molecule has 1 N–H and O–H groups in total. The van der Waals surface area contributed by atoms with E-state index in [9.17, 15) is 0 Å². The van der Waals surface area contributed by atoms with Gasteiger partial charge in [-0.25, -0.2) is 4.98 Å². The molecule has 0 amide bonds. The Morgan fingerprint density at radius 3 is 2.86 bits per heavy atom. The molecule has 2 aromatic rings. The van der Waals surface area contributed by atoms with Crippen molar-refractivity contribution in [3.05, 3.63) is 52.7 Å². The summed E-state index contributed by atoms with van der Waals surface area (Å²) in [5.41, 5.74) is 2.16. The third-order valence-corrected chi connectivity index (χ3v) is 3.17. The Labute approximate surface area is 129 Å². The predicted molar refractivity (Wildman–Crippen MR) is 83.5 cm³/mol. The fraction of sp³-hybridized carbons (Fsp3) is 0.250. The highest BCUT2D eigenvalue weighted by atomic mass is 35.5. The van der Waals surface area contributed by atoms with Crippen LogP contribution >= 0.6 is 11.6 Å². The molecular formula is C16H16ClN3O. The number of pyridine rings is 1. The lowest BCUT2D eigenvalue weighted by Gasteiger charge is -2.10. The number of para-hydroxylation sites is 1. The molecule has 0 radical (unpaired) electrons. The number of aromatic nitrogens is 1. The smallest absolute Gasteiger partial charge is 0.213 e. The Kier molecular flexibility index (Phi) is 5.42. The van der Waals surface area contributed by atoms with Gasteiger partial charge in [-0.2, -0.15) is 5.26 Å². The molecule has 4 nitrogen and oxygen atoms in total. The van der Waals surface area contributed by atoms with Crippen LogP contribution in [0.25, 0.3) is 0 Å². The zero-order valence-electron chi connectivity index (χ0n) is 11.8. The van der Waals surface area contributed by atoms with Gasteiger partial charge in [0.15, 0.2) is 0 Å². The van der Waals surface area contributed by atoms with Gasteiger partial charge >= 0.3 is 0 Å². The van der Waals surface area contributed by atoms with Gasteiger partial charge in [0.25, 0.3) is 0 Å². The monoisotopic (exact) mass is 301 g/mol. The molecule has 0 aliphatic heterocycles. The molecular weight excluding hydrogens is 286 g/mol. The van der Waals surface area contributed by atoms with Crippen LogP contribution in [-0.4, -0.2) is 11.6 Å². The fourth-order valence-corrected chi connectivity index (χ4v) is 2.04. The van der Waals surface area contributed by atoms with Crippen molar-refractivity contribution in [3.8, 4) is 11.9 Å². The van der Waals surface area contributed by atoms with E-state index in [0.717, 1.165) is 12.0 Å². The lowest BCUT2D eigenvalue weighted by molar-refractivity contribution is 0.305. The summed E-state index contributed by atoms with van der Waals surface area (Å²) in [6.07, 6.45) is 2.70. The molecule has 0 atom stereocenters. The SMILES string of the molecule is CCCOc1ccc(CNc2c(Cl)cccc2C#N)cn1. The van der Waals surface area contributed by atoms with E-state index >= 15 is 0 Å². The highest BCUT2D eigenvalue weighted by Crippen LogP contribution is 2.25. The maximum atomic E-state index is 9.08. The molecule has 0 fully saturated rings. The van der Waals surface area contributed by atoms with Gasteiger partial charge in [-0.15, -0.1) is 0 Å². The number of nitrogens with one attached hydrogen (secondary N) is 1. The van der Waals surface area contributed by atoms with Gasteiger partial charge in [0.05, 0.1) is 22.9 Å². The van der Waals surface area contributed by atoms with Crippen LogP contribution in [0.3, 0.4) is 0 Å². The van der Waals surface area contributed by atoms with Gasteiger partial charge in [-0.1, -0.05) is 30.7 Å². The maximum Gasteiger partial charge on any atom is 0.213 e. The fourth-order valence-electron chi connectivity index (χ4n) is 1.79. The van der Waals surface area contributed by atoms with Gasteiger partial charge in [0, 0.05) is 18.8 Å². The van der Waals surface area contributed by atoms with Gasteiger partial charge < -0.3 is 10.1 Å². The van der Waals surface area contributed by atoms with Crippen LogP contribution in [-0.2, 0) is 6.54 Å². The third-order valence-electron chi connectivity index (χ3n) is 2.86. The number of hydrogen-bond acceptors (Lipinski definition) is 4. The van der Waals surface area contributed by atoms with Crippen molar-refractivity contribution in [3.63, 3.8) is 0 Å². The highest BCUT2D eigenvalue weighted by molar-refractivity contribution is 6.33. The minimum Gasteiger partial charge on any atom is -0.478 e. The predicted octanol–water partition coefficient (Wildman–Crippen LogP) is 4.01. The Bertz CT molecular complexity index is 635. The summed E-state index contributed by atoms with van der Waals surface area (Å²) in [6.45, 7) is 3.25. The largest absolute Gasteiger partial charge is 0.478 e. The van der Waals surface area contributed by atoms with E-state index in [1.165, 1.54) is 0 Å². The minimum absolute atomic E-state index is 0.526. The van der Waals surface area contributed by atoms with Crippen molar-refractivity contribution in [1.29, 1.82) is 5.26 Å². The summed E-state index contributed by atoms with van der Waals surface area (Å²) in [6, 6.07) is 11.1. The Balaban J connectivity index is 2.02. The molecule has 1 heterocycles. The number of ether oxygens (including phenoxy) is 1. The maximum absolute atomic E-state index is 9.08. The number of anilines is 1. The first-order valence-electron chi connectivity index (χ1n) is 6.74.